The highest BCUT2D eigenvalue weighted by atomic mass is 16.5. The fourth-order valence-electron chi connectivity index (χ4n) is 2.02. The lowest BCUT2D eigenvalue weighted by molar-refractivity contribution is 0.0601. The molecule has 0 aliphatic heterocycles. The van der Waals surface area contributed by atoms with Crippen LogP contribution >= 0.6 is 0 Å². The van der Waals surface area contributed by atoms with Crippen molar-refractivity contribution in [1.29, 1.82) is 0 Å². The lowest BCUT2D eigenvalue weighted by Gasteiger charge is -2.16. The van der Waals surface area contributed by atoms with E-state index in [2.05, 4.69) is 15.3 Å². The van der Waals surface area contributed by atoms with Crippen LogP contribution in [-0.2, 0) is 4.74 Å². The second-order valence-electron chi connectivity index (χ2n) is 4.47. The number of hydrogen-bond donors (Lipinski definition) is 1. The van der Waals surface area contributed by atoms with Crippen molar-refractivity contribution >= 4 is 11.7 Å². The fourth-order valence-corrected chi connectivity index (χ4v) is 2.02. The zero-order valence-corrected chi connectivity index (χ0v) is 11.8. The van der Waals surface area contributed by atoms with Gasteiger partial charge in [-0.05, 0) is 32.0 Å². The molecule has 1 aromatic carbocycles. The number of aromatic nitrogens is 2. The quantitative estimate of drug-likeness (QED) is 0.866. The molecule has 0 bridgehead atoms. The van der Waals surface area contributed by atoms with E-state index in [0.29, 0.717) is 5.56 Å². The summed E-state index contributed by atoms with van der Waals surface area (Å²) in [5, 5.41) is 3.31. The number of carbonyl (C=O) groups is 1. The smallest absolute Gasteiger partial charge is 0.337 e. The summed E-state index contributed by atoms with van der Waals surface area (Å²) in [6.07, 6.45) is 3.34. The van der Waals surface area contributed by atoms with Gasteiger partial charge in [-0.1, -0.05) is 6.07 Å². The third-order valence-corrected chi connectivity index (χ3v) is 3.00. The van der Waals surface area contributed by atoms with Gasteiger partial charge >= 0.3 is 5.97 Å². The molecule has 1 N–H and O–H groups in total. The predicted octanol–water partition coefficient (Wildman–Crippen LogP) is 2.74. The van der Waals surface area contributed by atoms with Crippen molar-refractivity contribution in [1.82, 2.24) is 9.97 Å². The van der Waals surface area contributed by atoms with Crippen LogP contribution in [0.25, 0.3) is 0 Å². The van der Waals surface area contributed by atoms with E-state index in [1.165, 1.54) is 7.11 Å². The van der Waals surface area contributed by atoms with Crippen LogP contribution in [0.15, 0.2) is 36.7 Å². The van der Waals surface area contributed by atoms with Crippen LogP contribution in [0.2, 0.25) is 0 Å². The molecule has 5 nitrogen and oxygen atoms in total. The molecule has 0 fully saturated rings. The molecule has 0 radical (unpaired) electrons. The second kappa shape index (κ2) is 6.14. The molecule has 2 rings (SSSR count). The number of methoxy groups -OCH3 is 1. The highest BCUT2D eigenvalue weighted by Gasteiger charge is 2.11. The van der Waals surface area contributed by atoms with Gasteiger partial charge in [0.05, 0.1) is 30.1 Å². The van der Waals surface area contributed by atoms with Crippen molar-refractivity contribution in [3.8, 4) is 0 Å². The van der Waals surface area contributed by atoms with Gasteiger partial charge in [-0.25, -0.2) is 4.79 Å². The Balaban J connectivity index is 2.18. The van der Waals surface area contributed by atoms with E-state index in [-0.39, 0.29) is 12.0 Å². The molecule has 0 saturated heterocycles. The average molecular weight is 271 g/mol. The van der Waals surface area contributed by atoms with E-state index in [4.69, 9.17) is 4.74 Å². The van der Waals surface area contributed by atoms with E-state index >= 15 is 0 Å². The van der Waals surface area contributed by atoms with E-state index in [1.54, 1.807) is 24.5 Å². The van der Waals surface area contributed by atoms with Crippen molar-refractivity contribution in [2.24, 2.45) is 0 Å². The Hall–Kier alpha value is -2.43. The number of nitrogens with one attached hydrogen (secondary N) is 1. The summed E-state index contributed by atoms with van der Waals surface area (Å²) in [4.78, 5) is 20.1. The maximum atomic E-state index is 11.5. The lowest BCUT2D eigenvalue weighted by Crippen LogP contribution is -2.11. The Kier molecular flexibility index (Phi) is 4.30. The molecule has 2 aromatic rings. The van der Waals surface area contributed by atoms with Crippen LogP contribution in [0.1, 0.15) is 34.7 Å². The molecule has 1 aromatic heterocycles. The van der Waals surface area contributed by atoms with Crippen LogP contribution in [0, 0.1) is 6.92 Å². The molecule has 0 aliphatic carbocycles. The van der Waals surface area contributed by atoms with E-state index in [1.807, 2.05) is 26.0 Å². The van der Waals surface area contributed by atoms with Crippen LogP contribution in [0.4, 0.5) is 5.69 Å². The second-order valence-corrected chi connectivity index (χ2v) is 4.47. The monoisotopic (exact) mass is 271 g/mol. The summed E-state index contributed by atoms with van der Waals surface area (Å²) in [6.45, 7) is 3.92. The first kappa shape index (κ1) is 14.0. The van der Waals surface area contributed by atoms with Gasteiger partial charge in [0.2, 0.25) is 0 Å². The van der Waals surface area contributed by atoms with Crippen molar-refractivity contribution < 1.29 is 9.53 Å². The molecule has 0 amide bonds. The summed E-state index contributed by atoms with van der Waals surface area (Å²) in [6, 6.07) is 7.18. The normalized spacial score (nSPS) is 11.8. The van der Waals surface area contributed by atoms with Gasteiger partial charge in [-0.2, -0.15) is 0 Å². The van der Waals surface area contributed by atoms with Gasteiger partial charge in [0, 0.05) is 18.1 Å². The maximum absolute atomic E-state index is 11.5. The molecule has 1 atom stereocenters. The zero-order chi connectivity index (χ0) is 14.5. The van der Waals surface area contributed by atoms with Crippen LogP contribution in [0.5, 0.6) is 0 Å². The summed E-state index contributed by atoms with van der Waals surface area (Å²) in [7, 11) is 1.37. The number of carbonyl (C=O) groups excluding carboxylic acids is 1. The van der Waals surface area contributed by atoms with Gasteiger partial charge in [-0.3, -0.25) is 9.97 Å². The van der Waals surface area contributed by atoms with Gasteiger partial charge in [-0.15, -0.1) is 0 Å². The summed E-state index contributed by atoms with van der Waals surface area (Å²) < 4.78 is 4.71. The largest absolute Gasteiger partial charge is 0.465 e. The zero-order valence-electron chi connectivity index (χ0n) is 11.8. The van der Waals surface area contributed by atoms with Gasteiger partial charge in [0.1, 0.15) is 0 Å². The number of hydrogen-bond acceptors (Lipinski definition) is 5. The number of nitrogens with zero attached hydrogens (tertiary/aromatic N) is 2. The summed E-state index contributed by atoms with van der Waals surface area (Å²) in [5.41, 5.74) is 3.12. The molecular formula is C15H17N3O2. The Morgan fingerprint density at radius 1 is 1.30 bits per heavy atom. The fraction of sp³-hybridized carbons (Fsp3) is 0.267. The molecule has 0 spiro atoms. The van der Waals surface area contributed by atoms with Crippen LogP contribution in [-0.4, -0.2) is 23.0 Å². The number of aryl methyl sites for hydroxylation is 1. The molecule has 104 valence electrons. The van der Waals surface area contributed by atoms with Crippen molar-refractivity contribution in [2.45, 2.75) is 19.9 Å². The Labute approximate surface area is 118 Å². The van der Waals surface area contributed by atoms with E-state index in [0.717, 1.165) is 17.1 Å². The Morgan fingerprint density at radius 2 is 2.05 bits per heavy atom. The number of ether oxygens (including phenoxy) is 1. The standard InChI is InChI=1S/C15H17N3O2/c1-10-14(17-8-7-16-10)11(2)18-13-6-4-5-12(9-13)15(19)20-3/h4-9,11,18H,1-3H3. The van der Waals surface area contributed by atoms with Gasteiger partial charge < -0.3 is 10.1 Å². The number of anilines is 1. The highest BCUT2D eigenvalue weighted by Crippen LogP contribution is 2.20. The van der Waals surface area contributed by atoms with E-state index in [9.17, 15) is 4.79 Å². The SMILES string of the molecule is COC(=O)c1cccc(NC(C)c2nccnc2C)c1. The van der Waals surface area contributed by atoms with Crippen molar-refractivity contribution in [2.75, 3.05) is 12.4 Å². The van der Waals surface area contributed by atoms with Crippen molar-refractivity contribution in [3.63, 3.8) is 0 Å². The molecule has 5 heteroatoms. The Bertz CT molecular complexity index is 614. The highest BCUT2D eigenvalue weighted by molar-refractivity contribution is 5.90. The minimum Gasteiger partial charge on any atom is -0.465 e. The number of esters is 1. The van der Waals surface area contributed by atoms with Gasteiger partial charge in [0.25, 0.3) is 0 Å². The van der Waals surface area contributed by atoms with Gasteiger partial charge in [0.15, 0.2) is 0 Å². The maximum Gasteiger partial charge on any atom is 0.337 e. The first-order valence-electron chi connectivity index (χ1n) is 6.34. The van der Waals surface area contributed by atoms with Crippen molar-refractivity contribution in [3.05, 3.63) is 53.6 Å². The van der Waals surface area contributed by atoms with Crippen LogP contribution in [0.3, 0.4) is 0 Å². The Morgan fingerprint density at radius 3 is 2.75 bits per heavy atom. The molecule has 0 aliphatic rings. The lowest BCUT2D eigenvalue weighted by atomic mass is 10.1. The molecule has 0 saturated carbocycles. The third-order valence-electron chi connectivity index (χ3n) is 3.00. The van der Waals surface area contributed by atoms with E-state index < -0.39 is 0 Å². The minimum absolute atomic E-state index is 0.00315. The summed E-state index contributed by atoms with van der Waals surface area (Å²) >= 11 is 0. The topological polar surface area (TPSA) is 64.1 Å². The molecular weight excluding hydrogens is 254 g/mol. The molecule has 1 heterocycles. The average Bonchev–Trinajstić information content (AvgIpc) is 2.47. The minimum atomic E-state index is -0.350. The molecule has 20 heavy (non-hydrogen) atoms. The van der Waals surface area contributed by atoms with Crippen LogP contribution < -0.4 is 5.32 Å². The first-order valence-corrected chi connectivity index (χ1v) is 6.34. The first-order chi connectivity index (χ1) is 9.61. The number of benzene rings is 1. The summed E-state index contributed by atoms with van der Waals surface area (Å²) in [5.74, 6) is -0.350. The third kappa shape index (κ3) is 3.12. The number of rotatable bonds is 4. The molecule has 1 unspecified atom stereocenters. The predicted molar refractivity (Wildman–Crippen MR) is 76.6 cm³/mol.